The first-order valence-corrected chi connectivity index (χ1v) is 11.0. The average molecular weight is 514 g/mol. The molecule has 0 spiro atoms. The predicted octanol–water partition coefficient (Wildman–Crippen LogP) is 3.66. The minimum absolute atomic E-state index is 0.116. The van der Waals surface area contributed by atoms with Gasteiger partial charge in [0.25, 0.3) is 5.92 Å². The Balaban J connectivity index is 1.51. The molecular formula is C22H20F6N6O2. The van der Waals surface area contributed by atoms with Gasteiger partial charge in [0.2, 0.25) is 0 Å². The largest absolute Gasteiger partial charge is 0.471 e. The zero-order valence-electron chi connectivity index (χ0n) is 18.6. The molecule has 4 rings (SSSR count). The predicted molar refractivity (Wildman–Crippen MR) is 112 cm³/mol. The van der Waals surface area contributed by atoms with Gasteiger partial charge in [-0.2, -0.15) is 32.3 Å². The van der Waals surface area contributed by atoms with Gasteiger partial charge in [-0.3, -0.25) is 9.48 Å². The second kappa shape index (κ2) is 9.36. The van der Waals surface area contributed by atoms with Gasteiger partial charge in [0, 0.05) is 43.7 Å². The number of hydrogen-bond acceptors (Lipinski definition) is 4. The molecule has 2 N–H and O–H groups in total. The van der Waals surface area contributed by atoms with Crippen molar-refractivity contribution >= 4 is 17.6 Å². The fourth-order valence-electron chi connectivity index (χ4n) is 4.38. The van der Waals surface area contributed by atoms with E-state index in [0.29, 0.717) is 5.69 Å². The van der Waals surface area contributed by atoms with Crippen LogP contribution in [0.25, 0.3) is 0 Å². The lowest BCUT2D eigenvalue weighted by molar-refractivity contribution is -0.173. The quantitative estimate of drug-likeness (QED) is 0.611. The molecule has 192 valence electrons. The molecule has 0 bridgehead atoms. The van der Waals surface area contributed by atoms with Crippen LogP contribution in [0.1, 0.15) is 35.4 Å². The summed E-state index contributed by atoms with van der Waals surface area (Å²) < 4.78 is 82.3. The monoisotopic (exact) mass is 514 g/mol. The van der Waals surface area contributed by atoms with Gasteiger partial charge in [0.1, 0.15) is 17.6 Å². The third-order valence-electron chi connectivity index (χ3n) is 6.18. The van der Waals surface area contributed by atoms with Gasteiger partial charge in [-0.25, -0.2) is 9.18 Å². The topological polar surface area (TPSA) is 103 Å². The summed E-state index contributed by atoms with van der Waals surface area (Å²) >= 11 is 0. The van der Waals surface area contributed by atoms with Gasteiger partial charge in [-0.1, -0.05) is 0 Å². The lowest BCUT2D eigenvalue weighted by Crippen LogP contribution is -2.40. The van der Waals surface area contributed by atoms with Crippen LogP contribution in [-0.2, 0) is 30.2 Å². The number of aromatic nitrogens is 2. The summed E-state index contributed by atoms with van der Waals surface area (Å²) in [4.78, 5) is 25.2. The molecule has 14 heteroatoms. The normalized spacial score (nSPS) is 18.9. The van der Waals surface area contributed by atoms with E-state index in [2.05, 4.69) is 10.4 Å². The molecule has 1 atom stereocenters. The molecule has 1 aromatic carbocycles. The number of hydrogen-bond donors (Lipinski definition) is 2. The van der Waals surface area contributed by atoms with Crippen molar-refractivity contribution in [1.82, 2.24) is 20.0 Å². The van der Waals surface area contributed by atoms with Crippen LogP contribution in [0.4, 0.5) is 36.8 Å². The second-order valence-electron chi connectivity index (χ2n) is 8.68. The summed E-state index contributed by atoms with van der Waals surface area (Å²) in [6.45, 7) is -0.587. The Kier molecular flexibility index (Phi) is 6.59. The first-order chi connectivity index (χ1) is 16.9. The maximum Gasteiger partial charge on any atom is 0.471 e. The molecular weight excluding hydrogens is 494 g/mol. The van der Waals surface area contributed by atoms with Crippen LogP contribution in [0.15, 0.2) is 18.2 Å². The van der Waals surface area contributed by atoms with Crippen molar-refractivity contribution in [1.29, 1.82) is 5.26 Å². The molecule has 2 aromatic rings. The van der Waals surface area contributed by atoms with Gasteiger partial charge in [-0.15, -0.1) is 0 Å². The maximum absolute atomic E-state index is 15.1. The van der Waals surface area contributed by atoms with Crippen molar-refractivity contribution in [2.45, 2.75) is 44.5 Å². The molecule has 8 nitrogen and oxygen atoms in total. The number of nitrogens with one attached hydrogen (secondary N) is 2. The molecule has 2 aliphatic heterocycles. The van der Waals surface area contributed by atoms with Gasteiger partial charge in [-0.05, 0) is 30.5 Å². The Morgan fingerprint density at radius 1 is 1.28 bits per heavy atom. The highest BCUT2D eigenvalue weighted by atomic mass is 19.4. The van der Waals surface area contributed by atoms with Crippen LogP contribution in [0.5, 0.6) is 0 Å². The van der Waals surface area contributed by atoms with E-state index in [4.69, 9.17) is 5.26 Å². The number of carbonyl (C=O) groups is 2. The summed E-state index contributed by atoms with van der Waals surface area (Å²) in [5, 5.41) is 17.5. The summed E-state index contributed by atoms with van der Waals surface area (Å²) in [7, 11) is 0. The number of amides is 3. The van der Waals surface area contributed by atoms with Crippen molar-refractivity contribution in [3.8, 4) is 6.07 Å². The number of nitrogens with zero attached hydrogens (tertiary/aromatic N) is 4. The number of fused-ring (bicyclic) bond motifs is 3. The van der Waals surface area contributed by atoms with Crippen LogP contribution in [0.2, 0.25) is 0 Å². The van der Waals surface area contributed by atoms with Crippen LogP contribution >= 0.6 is 0 Å². The van der Waals surface area contributed by atoms with Crippen LogP contribution < -0.4 is 10.6 Å². The smallest absolute Gasteiger partial charge is 0.348 e. The van der Waals surface area contributed by atoms with Gasteiger partial charge >= 0.3 is 18.1 Å². The highest BCUT2D eigenvalue weighted by Gasteiger charge is 2.44. The minimum Gasteiger partial charge on any atom is -0.348 e. The summed E-state index contributed by atoms with van der Waals surface area (Å²) in [6.07, 6.45) is -5.70. The molecule has 3 amide bonds. The van der Waals surface area contributed by atoms with Gasteiger partial charge in [0.05, 0.1) is 17.8 Å². The number of benzene rings is 1. The lowest BCUT2D eigenvalue weighted by Gasteiger charge is -2.28. The Bertz CT molecular complexity index is 1230. The van der Waals surface area contributed by atoms with Gasteiger partial charge < -0.3 is 15.5 Å². The Morgan fingerprint density at radius 3 is 2.72 bits per heavy atom. The number of halogens is 6. The highest BCUT2D eigenvalue weighted by molar-refractivity contribution is 5.89. The van der Waals surface area contributed by atoms with Crippen LogP contribution in [-0.4, -0.2) is 45.9 Å². The molecule has 1 unspecified atom stereocenters. The summed E-state index contributed by atoms with van der Waals surface area (Å²) in [6, 6.07) is 4.46. The number of carbonyl (C=O) groups excluding carboxylic acids is 2. The molecule has 2 aliphatic rings. The third kappa shape index (κ3) is 5.09. The van der Waals surface area contributed by atoms with Crippen LogP contribution in [0.3, 0.4) is 0 Å². The van der Waals surface area contributed by atoms with Crippen molar-refractivity contribution in [2.24, 2.45) is 5.92 Å². The second-order valence-corrected chi connectivity index (χ2v) is 8.68. The number of urea groups is 1. The zero-order valence-corrected chi connectivity index (χ0v) is 18.6. The molecule has 0 radical (unpaired) electrons. The van der Waals surface area contributed by atoms with E-state index in [1.165, 1.54) is 11.0 Å². The molecule has 3 heterocycles. The Hall–Kier alpha value is -3.76. The first kappa shape index (κ1) is 25.3. The molecule has 36 heavy (non-hydrogen) atoms. The SMILES string of the molecule is N#Cc1cc(NC(=O)N2CCc3nn4c(c3C2)C(F)(F)CCC(CNC(=O)C(F)(F)F)C4)ccc1F. The number of anilines is 1. The minimum atomic E-state index is -5.07. The van der Waals surface area contributed by atoms with E-state index in [9.17, 15) is 27.2 Å². The lowest BCUT2D eigenvalue weighted by atomic mass is 9.98. The van der Waals surface area contributed by atoms with Crippen molar-refractivity contribution in [3.05, 3.63) is 46.5 Å². The number of alkyl halides is 5. The molecule has 0 aliphatic carbocycles. The Morgan fingerprint density at radius 2 is 2.03 bits per heavy atom. The van der Waals surface area contributed by atoms with Gasteiger partial charge in [0.15, 0.2) is 0 Å². The maximum atomic E-state index is 15.1. The number of nitriles is 1. The fraction of sp³-hybridized carbons (Fsp3) is 0.455. The van der Waals surface area contributed by atoms with E-state index < -0.39 is 54.4 Å². The molecule has 1 aromatic heterocycles. The number of rotatable bonds is 3. The van der Waals surface area contributed by atoms with Crippen molar-refractivity contribution < 1.29 is 35.9 Å². The van der Waals surface area contributed by atoms with E-state index >= 15 is 8.78 Å². The summed E-state index contributed by atoms with van der Waals surface area (Å²) in [5.74, 6) is -6.93. The molecule has 0 saturated heterocycles. The highest BCUT2D eigenvalue weighted by Crippen LogP contribution is 2.41. The van der Waals surface area contributed by atoms with Crippen molar-refractivity contribution in [2.75, 3.05) is 18.4 Å². The fourth-order valence-corrected chi connectivity index (χ4v) is 4.38. The standard InChI is InChI=1S/C22H20F6N6O2/c23-16-2-1-14(7-13(16)8-29)31-20(36)33-6-4-17-15(11-33)18-21(24,25)5-3-12(10-34(18)32-17)9-30-19(35)22(26,27)28/h1-2,7,12H,3-6,9-11H2,(H,30,35)(H,31,36). The van der Waals surface area contributed by atoms with E-state index in [1.807, 2.05) is 0 Å². The first-order valence-electron chi connectivity index (χ1n) is 11.0. The van der Waals surface area contributed by atoms with Crippen LogP contribution in [0, 0.1) is 23.1 Å². The molecule has 0 saturated carbocycles. The summed E-state index contributed by atoms with van der Waals surface area (Å²) in [5.41, 5.74) is 0.0246. The van der Waals surface area contributed by atoms with Crippen molar-refractivity contribution in [3.63, 3.8) is 0 Å². The van der Waals surface area contributed by atoms with E-state index in [1.54, 1.807) is 11.4 Å². The van der Waals surface area contributed by atoms with E-state index in [-0.39, 0.29) is 49.3 Å². The third-order valence-corrected chi connectivity index (χ3v) is 6.18. The van der Waals surface area contributed by atoms with E-state index in [0.717, 1.165) is 16.8 Å². The molecule has 0 fully saturated rings. The Labute approximate surface area is 200 Å². The zero-order chi connectivity index (χ0) is 26.3. The average Bonchev–Trinajstić information content (AvgIpc) is 3.13.